The number of rotatable bonds is 3. The van der Waals surface area contributed by atoms with Crippen molar-refractivity contribution >= 4 is 17.2 Å². The van der Waals surface area contributed by atoms with Gasteiger partial charge in [0.2, 0.25) is 0 Å². The molecule has 2 N–H and O–H groups in total. The summed E-state index contributed by atoms with van der Waals surface area (Å²) < 4.78 is 2.05. The first-order valence-corrected chi connectivity index (χ1v) is 7.12. The van der Waals surface area contributed by atoms with Crippen molar-refractivity contribution in [2.75, 3.05) is 7.11 Å². The Morgan fingerprint density at radius 1 is 1.55 bits per heavy atom. The lowest BCUT2D eigenvalue weighted by molar-refractivity contribution is 0.0944. The lowest BCUT2D eigenvalue weighted by atomic mass is 10.1. The molecule has 0 saturated heterocycles. The van der Waals surface area contributed by atoms with Crippen LogP contribution in [0.2, 0.25) is 0 Å². The zero-order chi connectivity index (χ0) is 14.1. The molecule has 0 saturated carbocycles. The van der Waals surface area contributed by atoms with Gasteiger partial charge < -0.3 is 9.88 Å². The summed E-state index contributed by atoms with van der Waals surface area (Å²) in [5, 5.41) is 5.91. The predicted molar refractivity (Wildman–Crippen MR) is 77.8 cm³/mol. The maximum Gasteiger partial charge on any atom is 0.255 e. The topological polar surface area (TPSA) is 55.3 Å². The Kier molecular flexibility index (Phi) is 3.33. The number of nitrogens with zero attached hydrogens (tertiary/aromatic N) is 1. The van der Waals surface area contributed by atoms with Gasteiger partial charge in [0.25, 0.3) is 5.91 Å². The molecule has 0 aliphatic carbocycles. The molecule has 1 unspecified atom stereocenters. The third kappa shape index (κ3) is 2.13. The van der Waals surface area contributed by atoms with E-state index < -0.39 is 0 Å². The Bertz CT molecular complexity index is 672. The summed E-state index contributed by atoms with van der Waals surface area (Å²) in [6, 6.07) is 5.65. The molecule has 2 aromatic heterocycles. The Balaban J connectivity index is 2.06. The predicted octanol–water partition coefficient (Wildman–Crippen LogP) is 2.38. The van der Waals surface area contributed by atoms with Gasteiger partial charge in [0.05, 0.1) is 18.7 Å². The lowest BCUT2D eigenvalue weighted by Gasteiger charge is -2.15. The number of carbonyl (C=O) groups excluding carboxylic acids is 1. The number of aromatic nitrogens is 1. The fourth-order valence-electron chi connectivity index (χ4n) is 2.36. The van der Waals surface area contributed by atoms with Gasteiger partial charge in [-0.2, -0.15) is 0 Å². The van der Waals surface area contributed by atoms with Crippen LogP contribution in [0, 0.1) is 0 Å². The first kappa shape index (κ1) is 13.0. The largest absolute Gasteiger partial charge is 0.340 e. The summed E-state index contributed by atoms with van der Waals surface area (Å²) in [4.78, 5) is 17.2. The summed E-state index contributed by atoms with van der Waals surface area (Å²) >= 11 is 1.56. The second-order valence-electron chi connectivity index (χ2n) is 4.55. The standard InChI is InChI=1S/C14H15N3O2S/c1-9(16-19-2)8-11-12-4-3-6-17(12)14-10(5-7-20-14)13(18)15-11/h3-8,11,16H,1-2H3,(H,15,18). The third-order valence-electron chi connectivity index (χ3n) is 3.17. The number of hydrogen-bond donors (Lipinski definition) is 2. The molecule has 0 bridgehead atoms. The van der Waals surface area contributed by atoms with E-state index in [1.807, 2.05) is 42.8 Å². The molecular weight excluding hydrogens is 274 g/mol. The van der Waals surface area contributed by atoms with E-state index in [0.717, 1.165) is 16.4 Å². The van der Waals surface area contributed by atoms with Crippen LogP contribution in [0.4, 0.5) is 0 Å². The van der Waals surface area contributed by atoms with Crippen molar-refractivity contribution in [2.45, 2.75) is 13.0 Å². The third-order valence-corrected chi connectivity index (χ3v) is 4.09. The minimum Gasteiger partial charge on any atom is -0.340 e. The Morgan fingerprint density at radius 3 is 3.20 bits per heavy atom. The van der Waals surface area contributed by atoms with Gasteiger partial charge in [-0.1, -0.05) is 0 Å². The number of nitrogens with one attached hydrogen (secondary N) is 2. The molecule has 0 spiro atoms. The van der Waals surface area contributed by atoms with Gasteiger partial charge in [-0.3, -0.25) is 15.1 Å². The Hall–Kier alpha value is -2.05. The molecule has 1 aliphatic rings. The maximum atomic E-state index is 12.3. The zero-order valence-electron chi connectivity index (χ0n) is 11.2. The molecule has 3 rings (SSSR count). The number of allylic oxidation sites excluding steroid dienone is 1. The monoisotopic (exact) mass is 289 g/mol. The van der Waals surface area contributed by atoms with Gasteiger partial charge >= 0.3 is 0 Å². The highest BCUT2D eigenvalue weighted by Gasteiger charge is 2.25. The van der Waals surface area contributed by atoms with Gasteiger partial charge in [0, 0.05) is 17.6 Å². The quantitative estimate of drug-likeness (QED) is 0.853. The number of fused-ring (bicyclic) bond motifs is 3. The molecule has 1 aliphatic heterocycles. The molecule has 0 radical (unpaired) electrons. The minimum absolute atomic E-state index is 0.0589. The van der Waals surface area contributed by atoms with E-state index in [1.54, 1.807) is 18.4 Å². The average molecular weight is 289 g/mol. The number of thiophene rings is 1. The van der Waals surface area contributed by atoms with E-state index in [2.05, 4.69) is 15.4 Å². The highest BCUT2D eigenvalue weighted by Crippen LogP contribution is 2.30. The van der Waals surface area contributed by atoms with Crippen molar-refractivity contribution in [3.63, 3.8) is 0 Å². The van der Waals surface area contributed by atoms with Crippen LogP contribution in [0.3, 0.4) is 0 Å². The second kappa shape index (κ2) is 5.15. The normalized spacial score (nSPS) is 18.0. The van der Waals surface area contributed by atoms with Gasteiger partial charge in [-0.15, -0.1) is 11.3 Å². The van der Waals surface area contributed by atoms with Crippen molar-refractivity contribution in [3.05, 3.63) is 52.8 Å². The van der Waals surface area contributed by atoms with Crippen molar-refractivity contribution in [1.82, 2.24) is 15.4 Å². The number of carbonyl (C=O) groups is 1. The molecule has 1 atom stereocenters. The summed E-state index contributed by atoms with van der Waals surface area (Å²) in [5.74, 6) is -0.0589. The molecule has 2 aromatic rings. The van der Waals surface area contributed by atoms with E-state index in [0.29, 0.717) is 5.56 Å². The Morgan fingerprint density at radius 2 is 2.40 bits per heavy atom. The molecule has 0 aromatic carbocycles. The van der Waals surface area contributed by atoms with Crippen molar-refractivity contribution in [1.29, 1.82) is 0 Å². The molecule has 5 nitrogen and oxygen atoms in total. The van der Waals surface area contributed by atoms with Crippen LogP contribution in [-0.4, -0.2) is 17.6 Å². The van der Waals surface area contributed by atoms with Crippen molar-refractivity contribution in [2.24, 2.45) is 0 Å². The van der Waals surface area contributed by atoms with E-state index in [4.69, 9.17) is 4.84 Å². The molecular formula is C14H15N3O2S. The number of hydroxylamine groups is 1. The summed E-state index contributed by atoms with van der Waals surface area (Å²) in [5.41, 5.74) is 5.35. The summed E-state index contributed by atoms with van der Waals surface area (Å²) in [6.07, 6.45) is 3.91. The highest BCUT2D eigenvalue weighted by molar-refractivity contribution is 7.13. The van der Waals surface area contributed by atoms with E-state index >= 15 is 0 Å². The van der Waals surface area contributed by atoms with Crippen LogP contribution in [0.15, 0.2) is 41.5 Å². The Labute approximate surface area is 120 Å². The van der Waals surface area contributed by atoms with E-state index in [9.17, 15) is 4.79 Å². The zero-order valence-corrected chi connectivity index (χ0v) is 12.0. The average Bonchev–Trinajstić information content (AvgIpc) is 3.04. The highest BCUT2D eigenvalue weighted by atomic mass is 32.1. The van der Waals surface area contributed by atoms with Gasteiger partial charge in [0.1, 0.15) is 5.00 Å². The molecule has 20 heavy (non-hydrogen) atoms. The first-order chi connectivity index (χ1) is 9.70. The fraction of sp³-hybridized carbons (Fsp3) is 0.214. The van der Waals surface area contributed by atoms with Crippen LogP contribution >= 0.6 is 11.3 Å². The smallest absolute Gasteiger partial charge is 0.255 e. The van der Waals surface area contributed by atoms with Crippen LogP contribution in [-0.2, 0) is 4.84 Å². The van der Waals surface area contributed by atoms with Crippen molar-refractivity contribution in [3.8, 4) is 5.00 Å². The lowest BCUT2D eigenvalue weighted by Crippen LogP contribution is -2.26. The molecule has 6 heteroatoms. The second-order valence-corrected chi connectivity index (χ2v) is 5.44. The molecule has 3 heterocycles. The molecule has 1 amide bonds. The summed E-state index contributed by atoms with van der Waals surface area (Å²) in [7, 11) is 1.56. The SMILES string of the molecule is CONC(C)=CC1NC(=O)c2ccsc2-n2cccc21. The maximum absolute atomic E-state index is 12.3. The molecule has 0 fully saturated rings. The van der Waals surface area contributed by atoms with Crippen LogP contribution in [0.5, 0.6) is 0 Å². The van der Waals surface area contributed by atoms with Crippen LogP contribution in [0.25, 0.3) is 5.00 Å². The first-order valence-electron chi connectivity index (χ1n) is 6.24. The van der Waals surface area contributed by atoms with Crippen molar-refractivity contribution < 1.29 is 9.63 Å². The van der Waals surface area contributed by atoms with Gasteiger partial charge in [-0.05, 0) is 36.6 Å². The van der Waals surface area contributed by atoms with Gasteiger partial charge in [-0.25, -0.2) is 0 Å². The van der Waals surface area contributed by atoms with Gasteiger partial charge in [0.15, 0.2) is 0 Å². The van der Waals surface area contributed by atoms with Crippen LogP contribution in [0.1, 0.15) is 29.0 Å². The fourth-order valence-corrected chi connectivity index (χ4v) is 3.26. The number of hydrogen-bond acceptors (Lipinski definition) is 4. The summed E-state index contributed by atoms with van der Waals surface area (Å²) in [6.45, 7) is 1.89. The minimum atomic E-state index is -0.195. The van der Waals surface area contributed by atoms with E-state index in [1.165, 1.54) is 0 Å². The van der Waals surface area contributed by atoms with E-state index in [-0.39, 0.29) is 11.9 Å². The molecule has 104 valence electrons. The number of amides is 1. The van der Waals surface area contributed by atoms with Crippen LogP contribution < -0.4 is 10.8 Å².